The maximum Gasteiger partial charge on any atom is 0.122 e. The molecule has 0 bridgehead atoms. The molecule has 0 saturated carbocycles. The molecule has 0 radical (unpaired) electrons. The molecule has 0 aliphatic heterocycles. The Balaban J connectivity index is 2.13. The molecule has 16 heavy (non-hydrogen) atoms. The highest BCUT2D eigenvalue weighted by molar-refractivity contribution is 6.30. The fraction of sp³-hybridized carbons (Fsp3) is 0.0833. The van der Waals surface area contributed by atoms with Crippen LogP contribution in [0.3, 0.4) is 0 Å². The van der Waals surface area contributed by atoms with Gasteiger partial charge in [0.1, 0.15) is 11.8 Å². The molecule has 80 valence electrons. The Morgan fingerprint density at radius 3 is 2.94 bits per heavy atom. The van der Waals surface area contributed by atoms with E-state index >= 15 is 0 Å². The van der Waals surface area contributed by atoms with E-state index in [-0.39, 0.29) is 0 Å². The van der Waals surface area contributed by atoms with E-state index in [4.69, 9.17) is 21.3 Å². The third-order valence-electron chi connectivity index (χ3n) is 2.14. The van der Waals surface area contributed by atoms with Crippen LogP contribution in [-0.2, 0) is 6.54 Å². The van der Waals surface area contributed by atoms with Crippen LogP contribution in [0.25, 0.3) is 0 Å². The van der Waals surface area contributed by atoms with Crippen molar-refractivity contribution < 1.29 is 4.42 Å². The van der Waals surface area contributed by atoms with Gasteiger partial charge in [-0.3, -0.25) is 0 Å². The molecule has 0 saturated heterocycles. The van der Waals surface area contributed by atoms with Gasteiger partial charge in [-0.25, -0.2) is 0 Å². The maximum absolute atomic E-state index is 8.93. The number of benzene rings is 1. The van der Waals surface area contributed by atoms with Gasteiger partial charge in [-0.1, -0.05) is 11.6 Å². The van der Waals surface area contributed by atoms with Crippen molar-refractivity contribution in [3.63, 3.8) is 0 Å². The van der Waals surface area contributed by atoms with Crippen molar-refractivity contribution in [1.82, 2.24) is 0 Å². The SMILES string of the molecule is N#Cc1cc(Cl)ccc1NCc1ccco1. The summed E-state index contributed by atoms with van der Waals surface area (Å²) in [5.41, 5.74) is 1.28. The summed E-state index contributed by atoms with van der Waals surface area (Å²) < 4.78 is 5.18. The minimum atomic E-state index is 0.527. The first-order chi connectivity index (χ1) is 7.79. The van der Waals surface area contributed by atoms with E-state index in [0.29, 0.717) is 17.1 Å². The second-order valence-corrected chi connectivity index (χ2v) is 3.67. The normalized spacial score (nSPS) is 9.75. The first-order valence-corrected chi connectivity index (χ1v) is 5.13. The van der Waals surface area contributed by atoms with E-state index in [1.54, 1.807) is 24.5 Å². The van der Waals surface area contributed by atoms with Gasteiger partial charge in [0.2, 0.25) is 0 Å². The molecule has 0 atom stereocenters. The van der Waals surface area contributed by atoms with Crippen LogP contribution in [-0.4, -0.2) is 0 Å². The summed E-state index contributed by atoms with van der Waals surface area (Å²) in [7, 11) is 0. The Morgan fingerprint density at radius 1 is 1.38 bits per heavy atom. The van der Waals surface area contributed by atoms with E-state index in [2.05, 4.69) is 11.4 Å². The quantitative estimate of drug-likeness (QED) is 0.882. The minimum absolute atomic E-state index is 0.527. The van der Waals surface area contributed by atoms with Gasteiger partial charge in [0, 0.05) is 5.02 Å². The van der Waals surface area contributed by atoms with E-state index < -0.39 is 0 Å². The molecule has 1 heterocycles. The molecule has 3 nitrogen and oxygen atoms in total. The number of halogens is 1. The fourth-order valence-electron chi connectivity index (χ4n) is 1.36. The summed E-state index contributed by atoms with van der Waals surface area (Å²) in [4.78, 5) is 0. The van der Waals surface area contributed by atoms with Gasteiger partial charge >= 0.3 is 0 Å². The Kier molecular flexibility index (Phi) is 3.13. The fourth-order valence-corrected chi connectivity index (χ4v) is 1.53. The molecular weight excluding hydrogens is 224 g/mol. The van der Waals surface area contributed by atoms with E-state index in [1.165, 1.54) is 0 Å². The predicted molar refractivity (Wildman–Crippen MR) is 62.2 cm³/mol. The van der Waals surface area contributed by atoms with Crippen molar-refractivity contribution in [1.29, 1.82) is 5.26 Å². The van der Waals surface area contributed by atoms with Crippen LogP contribution >= 0.6 is 11.6 Å². The molecule has 0 fully saturated rings. The average molecular weight is 233 g/mol. The first-order valence-electron chi connectivity index (χ1n) is 4.75. The molecule has 0 aliphatic carbocycles. The van der Waals surface area contributed by atoms with Crippen LogP contribution < -0.4 is 5.32 Å². The van der Waals surface area contributed by atoms with E-state index in [9.17, 15) is 0 Å². The van der Waals surface area contributed by atoms with Crippen molar-refractivity contribution in [3.8, 4) is 6.07 Å². The zero-order valence-corrected chi connectivity index (χ0v) is 9.16. The van der Waals surface area contributed by atoms with Gasteiger partial charge in [0.05, 0.1) is 24.1 Å². The summed E-state index contributed by atoms with van der Waals surface area (Å²) in [5, 5.41) is 12.6. The van der Waals surface area contributed by atoms with Gasteiger partial charge < -0.3 is 9.73 Å². The van der Waals surface area contributed by atoms with E-state index in [0.717, 1.165) is 11.4 Å². The molecule has 2 rings (SSSR count). The lowest BCUT2D eigenvalue weighted by molar-refractivity contribution is 0.518. The van der Waals surface area contributed by atoms with Gasteiger partial charge in [-0.05, 0) is 30.3 Å². The largest absolute Gasteiger partial charge is 0.467 e. The summed E-state index contributed by atoms with van der Waals surface area (Å²) in [6.07, 6.45) is 1.62. The molecule has 1 aromatic carbocycles. The smallest absolute Gasteiger partial charge is 0.122 e. The van der Waals surface area contributed by atoms with Crippen LogP contribution in [0.5, 0.6) is 0 Å². The molecule has 0 spiro atoms. The van der Waals surface area contributed by atoms with Crippen LogP contribution in [0.2, 0.25) is 5.02 Å². The molecule has 0 amide bonds. The third kappa shape index (κ3) is 2.36. The number of nitrogens with zero attached hydrogens (tertiary/aromatic N) is 1. The van der Waals surface area contributed by atoms with Crippen molar-refractivity contribution in [2.75, 3.05) is 5.32 Å². The second-order valence-electron chi connectivity index (χ2n) is 3.23. The second kappa shape index (κ2) is 4.73. The van der Waals surface area contributed by atoms with Gasteiger partial charge in [-0.2, -0.15) is 5.26 Å². The van der Waals surface area contributed by atoms with Crippen molar-refractivity contribution >= 4 is 17.3 Å². The van der Waals surface area contributed by atoms with E-state index in [1.807, 2.05) is 12.1 Å². The van der Waals surface area contributed by atoms with Crippen LogP contribution in [0.1, 0.15) is 11.3 Å². The zero-order chi connectivity index (χ0) is 11.4. The number of furan rings is 1. The number of hydrogen-bond donors (Lipinski definition) is 1. The molecule has 1 N–H and O–H groups in total. The lowest BCUT2D eigenvalue weighted by Crippen LogP contribution is -2.00. The van der Waals surface area contributed by atoms with Crippen LogP contribution in [0.4, 0.5) is 5.69 Å². The zero-order valence-electron chi connectivity index (χ0n) is 8.40. The Hall–Kier alpha value is -1.92. The lowest BCUT2D eigenvalue weighted by Gasteiger charge is -2.06. The summed E-state index contributed by atoms with van der Waals surface area (Å²) >= 11 is 5.80. The molecule has 2 aromatic rings. The number of hydrogen-bond acceptors (Lipinski definition) is 3. The van der Waals surface area contributed by atoms with Crippen LogP contribution in [0.15, 0.2) is 41.0 Å². The number of nitriles is 1. The van der Waals surface area contributed by atoms with Crippen molar-refractivity contribution in [2.24, 2.45) is 0 Å². The Bertz CT molecular complexity index is 514. The predicted octanol–water partition coefficient (Wildman–Crippen LogP) is 3.42. The number of nitrogens with one attached hydrogen (secondary N) is 1. The van der Waals surface area contributed by atoms with Crippen molar-refractivity contribution in [3.05, 3.63) is 52.9 Å². The highest BCUT2D eigenvalue weighted by Gasteiger charge is 2.03. The Morgan fingerprint density at radius 2 is 2.25 bits per heavy atom. The van der Waals surface area contributed by atoms with Crippen LogP contribution in [0, 0.1) is 11.3 Å². The molecule has 0 aliphatic rings. The van der Waals surface area contributed by atoms with Gasteiger partial charge in [0.15, 0.2) is 0 Å². The number of rotatable bonds is 3. The lowest BCUT2D eigenvalue weighted by atomic mass is 10.2. The molecule has 4 heteroatoms. The highest BCUT2D eigenvalue weighted by atomic mass is 35.5. The third-order valence-corrected chi connectivity index (χ3v) is 2.37. The standard InChI is InChI=1S/C12H9ClN2O/c13-10-3-4-12(9(6-10)7-14)15-8-11-2-1-5-16-11/h1-6,15H,8H2. The number of anilines is 1. The van der Waals surface area contributed by atoms with Gasteiger partial charge in [0.25, 0.3) is 0 Å². The highest BCUT2D eigenvalue weighted by Crippen LogP contribution is 2.20. The monoisotopic (exact) mass is 232 g/mol. The van der Waals surface area contributed by atoms with Crippen molar-refractivity contribution in [2.45, 2.75) is 6.54 Å². The topological polar surface area (TPSA) is 49.0 Å². The molecule has 1 aromatic heterocycles. The van der Waals surface area contributed by atoms with Gasteiger partial charge in [-0.15, -0.1) is 0 Å². The average Bonchev–Trinajstić information content (AvgIpc) is 2.80. The molecular formula is C12H9ClN2O. The summed E-state index contributed by atoms with van der Waals surface area (Å²) in [6, 6.07) is 10.9. The minimum Gasteiger partial charge on any atom is -0.467 e. The first kappa shape index (κ1) is 10.6. The summed E-state index contributed by atoms with van der Waals surface area (Å²) in [6.45, 7) is 0.545. The Labute approximate surface area is 98.3 Å². The summed E-state index contributed by atoms with van der Waals surface area (Å²) in [5.74, 6) is 0.818. The maximum atomic E-state index is 8.93. The molecule has 0 unspecified atom stereocenters.